The van der Waals surface area contributed by atoms with Gasteiger partial charge >= 0.3 is 12.1 Å². The summed E-state index contributed by atoms with van der Waals surface area (Å²) in [4.78, 5) is 29.2. The van der Waals surface area contributed by atoms with Crippen LogP contribution in [-0.2, 0) is 36.8 Å². The van der Waals surface area contributed by atoms with Crippen LogP contribution in [0, 0.1) is 0 Å². The standard InChI is InChI=1S/C23H24N2O8S/c1-30-22(26)18-10-17-16-9-15(33-34(3,28)29)12-25(23(27)31-2)19(16)11-20(21(17)24-18)32-13-14-7-5-4-6-8-14/h4-8,10-11,15,24H,9,12-13H2,1-3H3. The Balaban J connectivity index is 1.85. The van der Waals surface area contributed by atoms with Gasteiger partial charge in [0.05, 0.1) is 44.3 Å². The number of ether oxygens (including phenoxy) is 3. The minimum Gasteiger partial charge on any atom is -0.487 e. The predicted octanol–water partition coefficient (Wildman–Crippen LogP) is 3.01. The van der Waals surface area contributed by atoms with E-state index in [1.165, 1.54) is 19.1 Å². The molecule has 0 aliphatic carbocycles. The van der Waals surface area contributed by atoms with Crippen LogP contribution in [0.2, 0.25) is 0 Å². The number of H-pyrrole nitrogens is 1. The van der Waals surface area contributed by atoms with Gasteiger partial charge < -0.3 is 19.2 Å². The van der Waals surface area contributed by atoms with Crippen molar-refractivity contribution in [3.05, 3.63) is 59.3 Å². The van der Waals surface area contributed by atoms with Gasteiger partial charge in [-0.05, 0) is 17.2 Å². The Labute approximate surface area is 196 Å². The van der Waals surface area contributed by atoms with Gasteiger partial charge in [0.15, 0.2) is 0 Å². The molecule has 2 heterocycles. The maximum absolute atomic E-state index is 12.6. The molecule has 3 aromatic rings. The van der Waals surface area contributed by atoms with Gasteiger partial charge in [0, 0.05) is 17.9 Å². The van der Waals surface area contributed by atoms with Crippen LogP contribution in [0.4, 0.5) is 10.5 Å². The Morgan fingerprint density at radius 3 is 2.50 bits per heavy atom. The van der Waals surface area contributed by atoms with Crippen molar-refractivity contribution in [1.82, 2.24) is 4.98 Å². The van der Waals surface area contributed by atoms with Crippen LogP contribution in [0.1, 0.15) is 21.6 Å². The number of nitrogens with zero attached hydrogens (tertiary/aromatic N) is 1. The highest BCUT2D eigenvalue weighted by Crippen LogP contribution is 2.41. The number of benzene rings is 2. The fourth-order valence-corrected chi connectivity index (χ4v) is 4.64. The summed E-state index contributed by atoms with van der Waals surface area (Å²) in [5, 5.41) is 0.580. The second-order valence-electron chi connectivity index (χ2n) is 7.82. The fourth-order valence-electron chi connectivity index (χ4n) is 4.02. The van der Waals surface area contributed by atoms with Crippen LogP contribution in [0.25, 0.3) is 10.9 Å². The van der Waals surface area contributed by atoms with Crippen LogP contribution in [0.15, 0.2) is 42.5 Å². The molecule has 2 aromatic carbocycles. The summed E-state index contributed by atoms with van der Waals surface area (Å²) in [5.74, 6) is -0.173. The lowest BCUT2D eigenvalue weighted by Crippen LogP contribution is -2.44. The van der Waals surface area contributed by atoms with Crippen molar-refractivity contribution in [3.8, 4) is 5.75 Å². The average Bonchev–Trinajstić information content (AvgIpc) is 3.27. The molecule has 0 radical (unpaired) electrons. The predicted molar refractivity (Wildman–Crippen MR) is 124 cm³/mol. The van der Waals surface area contributed by atoms with Gasteiger partial charge in [-0.15, -0.1) is 0 Å². The summed E-state index contributed by atoms with van der Waals surface area (Å²) in [6.07, 6.45) is -0.381. The summed E-state index contributed by atoms with van der Waals surface area (Å²) in [7, 11) is -1.28. The highest BCUT2D eigenvalue weighted by atomic mass is 32.2. The quantitative estimate of drug-likeness (QED) is 0.415. The number of aromatic nitrogens is 1. The molecule has 1 aliphatic rings. The number of fused-ring (bicyclic) bond motifs is 3. The number of carbonyl (C=O) groups is 2. The Morgan fingerprint density at radius 2 is 1.85 bits per heavy atom. The lowest BCUT2D eigenvalue weighted by molar-refractivity contribution is 0.0595. The van der Waals surface area contributed by atoms with Gasteiger partial charge in [-0.2, -0.15) is 8.42 Å². The summed E-state index contributed by atoms with van der Waals surface area (Å²) >= 11 is 0. The molecule has 0 saturated carbocycles. The molecule has 1 aromatic heterocycles. The van der Waals surface area contributed by atoms with Crippen LogP contribution in [0.3, 0.4) is 0 Å². The van der Waals surface area contributed by atoms with E-state index in [-0.39, 0.29) is 25.3 Å². The van der Waals surface area contributed by atoms with Gasteiger partial charge in [0.2, 0.25) is 0 Å². The Morgan fingerprint density at radius 1 is 1.12 bits per heavy atom. The zero-order valence-electron chi connectivity index (χ0n) is 18.9. The number of nitrogens with one attached hydrogen (secondary N) is 1. The van der Waals surface area contributed by atoms with E-state index in [2.05, 4.69) is 4.98 Å². The lowest BCUT2D eigenvalue weighted by Gasteiger charge is -2.33. The number of anilines is 1. The van der Waals surface area contributed by atoms with E-state index < -0.39 is 28.3 Å². The van der Waals surface area contributed by atoms with E-state index >= 15 is 0 Å². The first-order chi connectivity index (χ1) is 16.2. The number of amides is 1. The molecule has 0 saturated heterocycles. The molecule has 1 atom stereocenters. The van der Waals surface area contributed by atoms with E-state index in [1.54, 1.807) is 12.1 Å². The van der Waals surface area contributed by atoms with Crippen LogP contribution < -0.4 is 9.64 Å². The van der Waals surface area contributed by atoms with Crippen molar-refractivity contribution in [3.63, 3.8) is 0 Å². The number of hydrogen-bond donors (Lipinski definition) is 1. The molecule has 0 spiro atoms. The third-order valence-electron chi connectivity index (χ3n) is 5.42. The summed E-state index contributed by atoms with van der Waals surface area (Å²) in [6.45, 7) is 0.212. The molecule has 1 N–H and O–H groups in total. The summed E-state index contributed by atoms with van der Waals surface area (Å²) in [6, 6.07) is 12.8. The SMILES string of the molecule is COC(=O)c1cc2c3c(cc(OCc4ccccc4)c2[nH]1)N(C(=O)OC)CC(OS(C)(=O)=O)C3. The van der Waals surface area contributed by atoms with Gasteiger partial charge in [-0.1, -0.05) is 30.3 Å². The molecular weight excluding hydrogens is 464 g/mol. The smallest absolute Gasteiger partial charge is 0.414 e. The van der Waals surface area contributed by atoms with Gasteiger partial charge in [0.25, 0.3) is 10.1 Å². The lowest BCUT2D eigenvalue weighted by atomic mass is 9.96. The Bertz CT molecular complexity index is 1330. The first kappa shape index (κ1) is 23.6. The molecule has 1 unspecified atom stereocenters. The van der Waals surface area contributed by atoms with Crippen LogP contribution in [-0.4, -0.2) is 58.6 Å². The molecular formula is C23H24N2O8S. The van der Waals surface area contributed by atoms with E-state index in [0.717, 1.165) is 11.8 Å². The zero-order chi connectivity index (χ0) is 24.5. The largest absolute Gasteiger partial charge is 0.487 e. The van der Waals surface area contributed by atoms with Crippen LogP contribution >= 0.6 is 0 Å². The van der Waals surface area contributed by atoms with Crippen molar-refractivity contribution >= 4 is 38.8 Å². The van der Waals surface area contributed by atoms with Gasteiger partial charge in [-0.3, -0.25) is 9.08 Å². The van der Waals surface area contributed by atoms with E-state index in [1.807, 2.05) is 30.3 Å². The molecule has 1 aliphatic heterocycles. The minimum atomic E-state index is -3.78. The van der Waals surface area contributed by atoms with Gasteiger partial charge in [-0.25, -0.2) is 9.59 Å². The number of methoxy groups -OCH3 is 2. The highest BCUT2D eigenvalue weighted by Gasteiger charge is 2.34. The molecule has 34 heavy (non-hydrogen) atoms. The molecule has 4 rings (SSSR count). The van der Waals surface area contributed by atoms with E-state index in [0.29, 0.717) is 27.9 Å². The summed E-state index contributed by atoms with van der Waals surface area (Å²) < 4.78 is 44.6. The second-order valence-corrected chi connectivity index (χ2v) is 9.42. The van der Waals surface area contributed by atoms with Crippen molar-refractivity contribution in [1.29, 1.82) is 0 Å². The van der Waals surface area contributed by atoms with Crippen molar-refractivity contribution in [2.45, 2.75) is 19.1 Å². The van der Waals surface area contributed by atoms with Crippen molar-refractivity contribution in [2.24, 2.45) is 0 Å². The number of rotatable bonds is 6. The first-order valence-corrected chi connectivity index (χ1v) is 12.2. The van der Waals surface area contributed by atoms with E-state index in [9.17, 15) is 18.0 Å². The highest BCUT2D eigenvalue weighted by molar-refractivity contribution is 7.86. The Hall–Kier alpha value is -3.57. The fraction of sp³-hybridized carbons (Fsp3) is 0.304. The summed E-state index contributed by atoms with van der Waals surface area (Å²) in [5.41, 5.74) is 2.72. The molecule has 1 amide bonds. The normalized spacial score (nSPS) is 15.6. The topological polar surface area (TPSA) is 124 Å². The monoisotopic (exact) mass is 488 g/mol. The van der Waals surface area contributed by atoms with Crippen molar-refractivity contribution < 1.29 is 36.4 Å². The van der Waals surface area contributed by atoms with Gasteiger partial charge in [0.1, 0.15) is 18.1 Å². The number of aromatic amines is 1. The molecule has 180 valence electrons. The Kier molecular flexibility index (Phi) is 6.49. The third kappa shape index (κ3) is 4.85. The third-order valence-corrected chi connectivity index (χ3v) is 6.05. The number of carbonyl (C=O) groups excluding carboxylic acids is 2. The van der Waals surface area contributed by atoms with Crippen molar-refractivity contribution in [2.75, 3.05) is 31.9 Å². The first-order valence-electron chi connectivity index (χ1n) is 10.4. The second kappa shape index (κ2) is 9.35. The number of esters is 1. The maximum atomic E-state index is 12.6. The molecule has 10 nitrogen and oxygen atoms in total. The molecule has 0 fully saturated rings. The van der Waals surface area contributed by atoms with Crippen LogP contribution in [0.5, 0.6) is 5.75 Å². The molecule has 11 heteroatoms. The maximum Gasteiger partial charge on any atom is 0.414 e. The minimum absolute atomic E-state index is 0.0370. The number of hydrogen-bond acceptors (Lipinski definition) is 8. The zero-order valence-corrected chi connectivity index (χ0v) is 19.7. The van der Waals surface area contributed by atoms with E-state index in [4.69, 9.17) is 18.4 Å². The average molecular weight is 489 g/mol. The molecule has 0 bridgehead atoms.